The molecule has 26 heavy (non-hydrogen) atoms. The molecule has 2 rings (SSSR count). The van der Waals surface area contributed by atoms with Gasteiger partial charge in [0, 0.05) is 25.9 Å². The Morgan fingerprint density at radius 1 is 1.23 bits per heavy atom. The van der Waals surface area contributed by atoms with E-state index in [-0.39, 0.29) is 18.6 Å². The van der Waals surface area contributed by atoms with Crippen LogP contribution in [0.4, 0.5) is 0 Å². The summed E-state index contributed by atoms with van der Waals surface area (Å²) in [6, 6.07) is 0. The molecular weight excluding hydrogens is 338 g/mol. The van der Waals surface area contributed by atoms with Crippen LogP contribution < -0.4 is 0 Å². The standard InChI is InChI=1S/C19H31NO6/c1-12(2)15-8-7-13(3)9-16(15)25-26-19(23-5,24-6)11-20-17(21)10-14(4)18(20)22/h10,12-13,15-16H,7-9,11H2,1-6H3. The molecule has 7 heteroatoms. The Bertz CT molecular complexity index is 554. The van der Waals surface area contributed by atoms with Gasteiger partial charge in [0.15, 0.2) is 0 Å². The zero-order chi connectivity index (χ0) is 19.5. The van der Waals surface area contributed by atoms with Gasteiger partial charge < -0.3 is 9.47 Å². The van der Waals surface area contributed by atoms with E-state index < -0.39 is 11.9 Å². The smallest absolute Gasteiger partial charge is 0.328 e. The molecule has 0 N–H and O–H groups in total. The average molecular weight is 369 g/mol. The fourth-order valence-electron chi connectivity index (χ4n) is 3.65. The molecule has 0 aromatic carbocycles. The summed E-state index contributed by atoms with van der Waals surface area (Å²) < 4.78 is 10.7. The van der Waals surface area contributed by atoms with Crippen molar-refractivity contribution < 1.29 is 28.8 Å². The topological polar surface area (TPSA) is 74.3 Å². The summed E-state index contributed by atoms with van der Waals surface area (Å²) in [5.41, 5.74) is 0.373. The molecule has 1 fully saturated rings. The molecule has 0 radical (unpaired) electrons. The van der Waals surface area contributed by atoms with Crippen LogP contribution in [-0.4, -0.2) is 49.6 Å². The van der Waals surface area contributed by atoms with Crippen LogP contribution in [0.3, 0.4) is 0 Å². The Labute approximate surface area is 155 Å². The Hall–Kier alpha value is -1.28. The van der Waals surface area contributed by atoms with Gasteiger partial charge in [-0.1, -0.05) is 27.2 Å². The second-order valence-corrected chi connectivity index (χ2v) is 7.69. The van der Waals surface area contributed by atoms with Crippen molar-refractivity contribution in [1.82, 2.24) is 4.90 Å². The Morgan fingerprint density at radius 2 is 1.88 bits per heavy atom. The summed E-state index contributed by atoms with van der Waals surface area (Å²) in [6.07, 6.45) is 4.33. The lowest BCUT2D eigenvalue weighted by Gasteiger charge is -2.38. The van der Waals surface area contributed by atoms with Crippen molar-refractivity contribution in [3.05, 3.63) is 11.6 Å². The van der Waals surface area contributed by atoms with E-state index in [4.69, 9.17) is 19.2 Å². The first-order valence-electron chi connectivity index (χ1n) is 9.22. The number of carbonyl (C=O) groups excluding carboxylic acids is 2. The van der Waals surface area contributed by atoms with Crippen LogP contribution in [0, 0.1) is 17.8 Å². The highest BCUT2D eigenvalue weighted by Crippen LogP contribution is 2.36. The van der Waals surface area contributed by atoms with Gasteiger partial charge in [0.05, 0.1) is 6.10 Å². The molecule has 148 valence electrons. The third-order valence-electron chi connectivity index (χ3n) is 5.42. The van der Waals surface area contributed by atoms with Gasteiger partial charge in [0.1, 0.15) is 6.54 Å². The molecule has 0 aromatic rings. The van der Waals surface area contributed by atoms with Crippen molar-refractivity contribution in [2.24, 2.45) is 17.8 Å². The number of rotatable bonds is 8. The minimum absolute atomic E-state index is 0.0896. The number of ether oxygens (including phenoxy) is 2. The van der Waals surface area contributed by atoms with Gasteiger partial charge in [0.2, 0.25) is 0 Å². The number of carbonyl (C=O) groups is 2. The van der Waals surface area contributed by atoms with E-state index in [1.807, 2.05) is 0 Å². The highest BCUT2D eigenvalue weighted by atomic mass is 17.3. The van der Waals surface area contributed by atoms with E-state index in [0.717, 1.165) is 17.7 Å². The van der Waals surface area contributed by atoms with Gasteiger partial charge in [0.25, 0.3) is 11.8 Å². The number of methoxy groups -OCH3 is 2. The molecule has 2 aliphatic rings. The fourth-order valence-corrected chi connectivity index (χ4v) is 3.65. The highest BCUT2D eigenvalue weighted by molar-refractivity contribution is 6.15. The first-order valence-corrected chi connectivity index (χ1v) is 9.22. The van der Waals surface area contributed by atoms with Crippen molar-refractivity contribution in [1.29, 1.82) is 0 Å². The molecule has 2 amide bonds. The van der Waals surface area contributed by atoms with Gasteiger partial charge in [-0.2, -0.15) is 4.89 Å². The van der Waals surface area contributed by atoms with E-state index in [1.54, 1.807) is 6.92 Å². The van der Waals surface area contributed by atoms with Crippen molar-refractivity contribution in [2.75, 3.05) is 20.8 Å². The van der Waals surface area contributed by atoms with Crippen LogP contribution in [0.2, 0.25) is 0 Å². The van der Waals surface area contributed by atoms with Crippen molar-refractivity contribution in [3.8, 4) is 0 Å². The first kappa shape index (κ1) is 21.0. The molecular formula is C19H31NO6. The molecule has 7 nitrogen and oxygen atoms in total. The summed E-state index contributed by atoms with van der Waals surface area (Å²) >= 11 is 0. The normalized spacial score (nSPS) is 27.4. The van der Waals surface area contributed by atoms with Crippen LogP contribution >= 0.6 is 0 Å². The lowest BCUT2D eigenvalue weighted by molar-refractivity contribution is -0.513. The Balaban J connectivity index is 2.07. The van der Waals surface area contributed by atoms with Crippen LogP contribution in [0.15, 0.2) is 11.6 Å². The van der Waals surface area contributed by atoms with Crippen LogP contribution in [0.5, 0.6) is 0 Å². The molecule has 0 aromatic heterocycles. The van der Waals surface area contributed by atoms with Crippen molar-refractivity contribution in [2.45, 2.75) is 59.0 Å². The summed E-state index contributed by atoms with van der Waals surface area (Å²) in [6.45, 7) is 7.93. The van der Waals surface area contributed by atoms with E-state index in [1.165, 1.54) is 26.7 Å². The molecule has 0 bridgehead atoms. The highest BCUT2D eigenvalue weighted by Gasteiger charge is 2.43. The molecule has 1 heterocycles. The number of amides is 2. The minimum atomic E-state index is -1.66. The third kappa shape index (κ3) is 4.52. The molecule has 0 saturated heterocycles. The Morgan fingerprint density at radius 3 is 2.38 bits per heavy atom. The van der Waals surface area contributed by atoms with Gasteiger partial charge in [-0.05, 0) is 37.5 Å². The largest absolute Gasteiger partial charge is 0.330 e. The van der Waals surface area contributed by atoms with E-state index in [2.05, 4.69) is 20.8 Å². The zero-order valence-corrected chi connectivity index (χ0v) is 16.6. The second kappa shape index (κ2) is 8.61. The van der Waals surface area contributed by atoms with Crippen LogP contribution in [-0.2, 0) is 28.8 Å². The molecule has 3 atom stereocenters. The Kier molecular flexibility index (Phi) is 6.96. The predicted octanol–water partition coefficient (Wildman–Crippen LogP) is 2.66. The van der Waals surface area contributed by atoms with Crippen LogP contribution in [0.25, 0.3) is 0 Å². The third-order valence-corrected chi connectivity index (χ3v) is 5.42. The molecule has 1 aliphatic heterocycles. The maximum Gasteiger partial charge on any atom is 0.330 e. The van der Waals surface area contributed by atoms with E-state index in [9.17, 15) is 9.59 Å². The van der Waals surface area contributed by atoms with Crippen LogP contribution in [0.1, 0.15) is 47.0 Å². The lowest BCUT2D eigenvalue weighted by Crippen LogP contribution is -2.51. The number of imide groups is 1. The molecule has 1 saturated carbocycles. The quantitative estimate of drug-likeness (QED) is 0.283. The monoisotopic (exact) mass is 369 g/mol. The van der Waals surface area contributed by atoms with E-state index >= 15 is 0 Å². The number of hydrogen-bond acceptors (Lipinski definition) is 6. The number of hydrogen-bond donors (Lipinski definition) is 0. The first-order chi connectivity index (χ1) is 12.2. The van der Waals surface area contributed by atoms with Crippen molar-refractivity contribution in [3.63, 3.8) is 0 Å². The predicted molar refractivity (Wildman–Crippen MR) is 94.5 cm³/mol. The molecule has 1 aliphatic carbocycles. The zero-order valence-electron chi connectivity index (χ0n) is 16.6. The van der Waals surface area contributed by atoms with E-state index in [0.29, 0.717) is 23.3 Å². The van der Waals surface area contributed by atoms with Gasteiger partial charge in [-0.3, -0.25) is 14.5 Å². The molecule has 3 unspecified atom stereocenters. The van der Waals surface area contributed by atoms with Gasteiger partial charge in [-0.15, -0.1) is 0 Å². The minimum Gasteiger partial charge on any atom is -0.328 e. The maximum atomic E-state index is 12.1. The summed E-state index contributed by atoms with van der Waals surface area (Å²) in [5, 5.41) is 0. The SMILES string of the molecule is COC(CN1C(=O)C=C(C)C1=O)(OC)OOC1CC(C)CCC1C(C)C. The molecule has 0 spiro atoms. The lowest BCUT2D eigenvalue weighted by atomic mass is 9.75. The second-order valence-electron chi connectivity index (χ2n) is 7.69. The van der Waals surface area contributed by atoms with Gasteiger partial charge >= 0.3 is 5.97 Å². The summed E-state index contributed by atoms with van der Waals surface area (Å²) in [7, 11) is 2.78. The number of nitrogens with zero attached hydrogens (tertiary/aromatic N) is 1. The summed E-state index contributed by atoms with van der Waals surface area (Å²) in [4.78, 5) is 36.5. The fraction of sp³-hybridized carbons (Fsp3) is 0.789. The maximum absolute atomic E-state index is 12.1. The van der Waals surface area contributed by atoms with Gasteiger partial charge in [-0.25, -0.2) is 4.89 Å². The summed E-state index contributed by atoms with van der Waals surface area (Å²) in [5.74, 6) is -1.08. The average Bonchev–Trinajstić information content (AvgIpc) is 2.84. The van der Waals surface area contributed by atoms with Crippen molar-refractivity contribution >= 4 is 11.8 Å².